The van der Waals surface area contributed by atoms with Crippen LogP contribution in [-0.2, 0) is 4.79 Å². The molecule has 3 nitrogen and oxygen atoms in total. The molecular formula is C11H20N2O. The second-order valence-electron chi connectivity index (χ2n) is 3.63. The van der Waals surface area contributed by atoms with Gasteiger partial charge < -0.3 is 5.32 Å². The number of hydrogen-bond donors (Lipinski definition) is 1. The zero-order valence-electron chi connectivity index (χ0n) is 9.34. The van der Waals surface area contributed by atoms with Crippen LogP contribution in [-0.4, -0.2) is 11.9 Å². The summed E-state index contributed by atoms with van der Waals surface area (Å²) in [4.78, 5) is 11.6. The molecule has 0 saturated carbocycles. The minimum atomic E-state index is -0.376. The van der Waals surface area contributed by atoms with Gasteiger partial charge in [0.1, 0.15) is 6.04 Å². The highest BCUT2D eigenvalue weighted by atomic mass is 16.1. The van der Waals surface area contributed by atoms with Gasteiger partial charge in [0.2, 0.25) is 5.91 Å². The van der Waals surface area contributed by atoms with E-state index in [1.807, 2.05) is 6.07 Å². The molecule has 0 aliphatic carbocycles. The van der Waals surface area contributed by atoms with Crippen molar-refractivity contribution in [1.29, 1.82) is 5.26 Å². The Bertz CT molecular complexity index is 202. The molecule has 0 bridgehead atoms. The van der Waals surface area contributed by atoms with E-state index in [0.29, 0.717) is 0 Å². The first kappa shape index (κ1) is 13.0. The standard InChI is InChI=1S/C11H20N2O/c1-4-6-10(7-5-2)11(14)13-9(3)8-12/h9-10H,4-7H2,1-3H3,(H,13,14). The highest BCUT2D eigenvalue weighted by Crippen LogP contribution is 2.13. The predicted molar refractivity (Wildman–Crippen MR) is 56.5 cm³/mol. The summed E-state index contributed by atoms with van der Waals surface area (Å²) in [6, 6.07) is 1.63. The summed E-state index contributed by atoms with van der Waals surface area (Å²) in [7, 11) is 0. The number of nitrogens with one attached hydrogen (secondary N) is 1. The first-order chi connectivity index (χ1) is 6.65. The first-order valence-corrected chi connectivity index (χ1v) is 5.35. The van der Waals surface area contributed by atoms with E-state index in [1.165, 1.54) is 0 Å². The van der Waals surface area contributed by atoms with Crippen LogP contribution in [0.1, 0.15) is 46.5 Å². The molecule has 1 N–H and O–H groups in total. The summed E-state index contributed by atoms with van der Waals surface area (Å²) >= 11 is 0. The predicted octanol–water partition coefficient (Wildman–Crippen LogP) is 2.23. The molecule has 0 heterocycles. The SMILES string of the molecule is CCCC(CCC)C(=O)NC(C)C#N. The van der Waals surface area contributed by atoms with E-state index in [1.54, 1.807) is 6.92 Å². The number of nitrogens with zero attached hydrogens (tertiary/aromatic N) is 1. The molecule has 0 aliphatic rings. The molecule has 0 fully saturated rings. The van der Waals surface area contributed by atoms with Crippen molar-refractivity contribution in [1.82, 2.24) is 5.32 Å². The van der Waals surface area contributed by atoms with Crippen LogP contribution in [0, 0.1) is 17.2 Å². The van der Waals surface area contributed by atoms with Crippen LogP contribution in [0.25, 0.3) is 0 Å². The van der Waals surface area contributed by atoms with Gasteiger partial charge in [0.15, 0.2) is 0 Å². The lowest BCUT2D eigenvalue weighted by Gasteiger charge is -2.15. The fourth-order valence-corrected chi connectivity index (χ4v) is 1.47. The molecule has 80 valence electrons. The smallest absolute Gasteiger partial charge is 0.224 e. The third-order valence-corrected chi connectivity index (χ3v) is 2.20. The minimum absolute atomic E-state index is 0.0303. The van der Waals surface area contributed by atoms with Gasteiger partial charge in [-0.2, -0.15) is 5.26 Å². The van der Waals surface area contributed by atoms with Crippen LogP contribution in [0.2, 0.25) is 0 Å². The maximum Gasteiger partial charge on any atom is 0.224 e. The molecule has 0 aromatic heterocycles. The summed E-state index contributed by atoms with van der Waals surface area (Å²) in [5.41, 5.74) is 0. The summed E-state index contributed by atoms with van der Waals surface area (Å²) in [5, 5.41) is 11.3. The average Bonchev–Trinajstić information content (AvgIpc) is 2.17. The van der Waals surface area contributed by atoms with E-state index in [-0.39, 0.29) is 17.9 Å². The van der Waals surface area contributed by atoms with Crippen LogP contribution < -0.4 is 5.32 Å². The Labute approximate surface area is 86.5 Å². The van der Waals surface area contributed by atoms with E-state index in [4.69, 9.17) is 5.26 Å². The maximum atomic E-state index is 11.6. The Morgan fingerprint density at radius 1 is 1.36 bits per heavy atom. The number of rotatable bonds is 6. The van der Waals surface area contributed by atoms with Gasteiger partial charge >= 0.3 is 0 Å². The van der Waals surface area contributed by atoms with Crippen LogP contribution in [0.4, 0.5) is 0 Å². The zero-order valence-corrected chi connectivity index (χ0v) is 9.34. The molecule has 0 radical (unpaired) electrons. The first-order valence-electron chi connectivity index (χ1n) is 5.35. The summed E-state index contributed by atoms with van der Waals surface area (Å²) in [5.74, 6) is 0.114. The van der Waals surface area contributed by atoms with Crippen molar-refractivity contribution in [3.05, 3.63) is 0 Å². The Hall–Kier alpha value is -1.04. The quantitative estimate of drug-likeness (QED) is 0.708. The maximum absolute atomic E-state index is 11.6. The molecule has 0 aliphatic heterocycles. The molecule has 1 atom stereocenters. The Morgan fingerprint density at radius 2 is 1.86 bits per heavy atom. The van der Waals surface area contributed by atoms with Crippen molar-refractivity contribution in [2.45, 2.75) is 52.5 Å². The van der Waals surface area contributed by atoms with Crippen molar-refractivity contribution in [3.8, 4) is 6.07 Å². The number of amides is 1. The number of nitriles is 1. The number of carbonyl (C=O) groups is 1. The van der Waals surface area contributed by atoms with Gasteiger partial charge in [-0.3, -0.25) is 4.79 Å². The van der Waals surface area contributed by atoms with Crippen molar-refractivity contribution < 1.29 is 4.79 Å². The number of carbonyl (C=O) groups excluding carboxylic acids is 1. The molecule has 0 aromatic carbocycles. The number of hydrogen-bond acceptors (Lipinski definition) is 2. The van der Waals surface area contributed by atoms with Crippen molar-refractivity contribution in [2.75, 3.05) is 0 Å². The van der Waals surface area contributed by atoms with E-state index in [2.05, 4.69) is 19.2 Å². The van der Waals surface area contributed by atoms with Gasteiger partial charge in [0, 0.05) is 5.92 Å². The highest BCUT2D eigenvalue weighted by molar-refractivity contribution is 5.79. The van der Waals surface area contributed by atoms with Gasteiger partial charge in [-0.1, -0.05) is 26.7 Å². The normalized spacial score (nSPS) is 12.2. The van der Waals surface area contributed by atoms with Crippen LogP contribution >= 0.6 is 0 Å². The van der Waals surface area contributed by atoms with Crippen molar-refractivity contribution in [2.24, 2.45) is 5.92 Å². The molecule has 0 rings (SSSR count). The van der Waals surface area contributed by atoms with Gasteiger partial charge in [-0.05, 0) is 19.8 Å². The second kappa shape index (κ2) is 7.37. The molecular weight excluding hydrogens is 176 g/mol. The van der Waals surface area contributed by atoms with Gasteiger partial charge in [-0.15, -0.1) is 0 Å². The van der Waals surface area contributed by atoms with Crippen LogP contribution in [0.3, 0.4) is 0 Å². The van der Waals surface area contributed by atoms with Gasteiger partial charge in [0.25, 0.3) is 0 Å². The molecule has 0 spiro atoms. The van der Waals surface area contributed by atoms with Gasteiger partial charge in [0.05, 0.1) is 6.07 Å². The Kier molecular flexibility index (Phi) is 6.82. The zero-order chi connectivity index (χ0) is 11.0. The molecule has 0 aromatic rings. The van der Waals surface area contributed by atoms with Crippen LogP contribution in [0.5, 0.6) is 0 Å². The lowest BCUT2D eigenvalue weighted by molar-refractivity contribution is -0.125. The summed E-state index contributed by atoms with van der Waals surface area (Å²) in [6.07, 6.45) is 3.85. The third kappa shape index (κ3) is 4.86. The second-order valence-corrected chi connectivity index (χ2v) is 3.63. The lowest BCUT2D eigenvalue weighted by Crippen LogP contribution is -2.36. The third-order valence-electron chi connectivity index (χ3n) is 2.20. The summed E-state index contributed by atoms with van der Waals surface area (Å²) in [6.45, 7) is 5.85. The van der Waals surface area contributed by atoms with E-state index < -0.39 is 0 Å². The highest BCUT2D eigenvalue weighted by Gasteiger charge is 2.17. The monoisotopic (exact) mass is 196 g/mol. The van der Waals surface area contributed by atoms with Crippen molar-refractivity contribution in [3.63, 3.8) is 0 Å². The lowest BCUT2D eigenvalue weighted by atomic mass is 9.97. The topological polar surface area (TPSA) is 52.9 Å². The average molecular weight is 196 g/mol. The molecule has 3 heteroatoms. The Balaban J connectivity index is 4.08. The molecule has 14 heavy (non-hydrogen) atoms. The molecule has 1 unspecified atom stereocenters. The Morgan fingerprint density at radius 3 is 2.21 bits per heavy atom. The van der Waals surface area contributed by atoms with Gasteiger partial charge in [-0.25, -0.2) is 0 Å². The fourth-order valence-electron chi connectivity index (χ4n) is 1.47. The minimum Gasteiger partial charge on any atom is -0.340 e. The van der Waals surface area contributed by atoms with E-state index in [0.717, 1.165) is 25.7 Å². The fraction of sp³-hybridized carbons (Fsp3) is 0.818. The summed E-state index contributed by atoms with van der Waals surface area (Å²) < 4.78 is 0. The van der Waals surface area contributed by atoms with E-state index >= 15 is 0 Å². The molecule has 0 saturated heterocycles. The molecule has 1 amide bonds. The largest absolute Gasteiger partial charge is 0.340 e. The van der Waals surface area contributed by atoms with Crippen molar-refractivity contribution >= 4 is 5.91 Å². The van der Waals surface area contributed by atoms with E-state index in [9.17, 15) is 4.79 Å². The van der Waals surface area contributed by atoms with Crippen LogP contribution in [0.15, 0.2) is 0 Å².